The second-order valence-corrected chi connectivity index (χ2v) is 14.1. The average molecular weight is 701 g/mol. The summed E-state index contributed by atoms with van der Waals surface area (Å²) in [4.78, 5) is 58.6. The molecule has 1 aliphatic carbocycles. The van der Waals surface area contributed by atoms with Crippen LogP contribution in [0.1, 0.15) is 70.0 Å². The molecule has 2 bridgehead atoms. The smallest absolute Gasteiger partial charge is 0.313 e. The SMILES string of the molecule is C=CCCC(=O)N[C@@H](C)[C@H](OC(=O)[C@H]1[C@@H]2O[C@@]3(CC2Br)[C@@H]1C(=O)N(CCO)[C@@H]3C(=O)N(CC=C)C1CCCCC1)c1ccccc1. The molecule has 3 heterocycles. The molecule has 3 aliphatic heterocycles. The fraction of sp³-hybridized carbons (Fsp3) is 0.600. The highest BCUT2D eigenvalue weighted by Gasteiger charge is 2.77. The standard InChI is InChI=1S/C35H46BrN3O7/c1-4-6-17-26(41)37-22(3)29(23-13-9-7-10-14-23)45-34(44)27-28-32(42)39(19-20-40)31(35(28)21-25(36)30(27)46-35)33(43)38(18-5-2)24-15-11-8-12-16-24/h4-5,7,9-10,13-14,22,24-25,27-31,40H,1-2,6,8,11-12,15-21H2,3H3,(H,37,41)/t22-,25?,27+,28-,29-,30+,31+,35-/m0/s1. The van der Waals surface area contributed by atoms with Crippen LogP contribution < -0.4 is 5.32 Å². The largest absolute Gasteiger partial charge is 0.455 e. The zero-order valence-electron chi connectivity index (χ0n) is 26.5. The summed E-state index contributed by atoms with van der Waals surface area (Å²) in [6, 6.07) is 7.63. The van der Waals surface area contributed by atoms with Crippen LogP contribution in [-0.4, -0.2) is 93.0 Å². The first-order chi connectivity index (χ1) is 22.2. The highest BCUT2D eigenvalue weighted by molar-refractivity contribution is 9.09. The Hall–Kier alpha value is -3.02. The summed E-state index contributed by atoms with van der Waals surface area (Å²) in [5, 5.41) is 12.9. The van der Waals surface area contributed by atoms with Crippen LogP contribution in [0.2, 0.25) is 0 Å². The Morgan fingerprint density at radius 2 is 1.91 bits per heavy atom. The molecule has 4 fully saturated rings. The number of hydrogen-bond donors (Lipinski definition) is 2. The van der Waals surface area contributed by atoms with E-state index in [0.717, 1.165) is 32.1 Å². The molecule has 0 radical (unpaired) electrons. The first-order valence-electron chi connectivity index (χ1n) is 16.5. The van der Waals surface area contributed by atoms with Crippen molar-refractivity contribution < 1.29 is 33.8 Å². The van der Waals surface area contributed by atoms with Crippen molar-refractivity contribution in [3.63, 3.8) is 0 Å². The Labute approximate surface area is 279 Å². The molecule has 250 valence electrons. The van der Waals surface area contributed by atoms with Gasteiger partial charge in [-0.1, -0.05) is 77.7 Å². The van der Waals surface area contributed by atoms with Crippen molar-refractivity contribution in [1.29, 1.82) is 0 Å². The van der Waals surface area contributed by atoms with Gasteiger partial charge in [0.05, 0.1) is 30.6 Å². The minimum absolute atomic E-state index is 0.0229. The van der Waals surface area contributed by atoms with Gasteiger partial charge < -0.3 is 29.7 Å². The third-order valence-electron chi connectivity index (χ3n) is 10.1. The maximum Gasteiger partial charge on any atom is 0.313 e. The average Bonchev–Trinajstić information content (AvgIpc) is 3.65. The molecule has 0 aromatic heterocycles. The quantitative estimate of drug-likeness (QED) is 0.172. The second kappa shape index (κ2) is 14.8. The molecule has 1 aromatic rings. The molecular formula is C35H46BrN3O7. The number of halogens is 1. The van der Waals surface area contributed by atoms with Gasteiger partial charge in [0.2, 0.25) is 17.7 Å². The number of hydrogen-bond acceptors (Lipinski definition) is 7. The lowest BCUT2D eigenvalue weighted by Crippen LogP contribution is -2.59. The predicted octanol–water partition coefficient (Wildman–Crippen LogP) is 3.83. The number of likely N-dealkylation sites (tertiary alicyclic amines) is 1. The first-order valence-corrected chi connectivity index (χ1v) is 17.4. The van der Waals surface area contributed by atoms with Crippen LogP contribution in [0.4, 0.5) is 0 Å². The van der Waals surface area contributed by atoms with E-state index in [2.05, 4.69) is 34.4 Å². The van der Waals surface area contributed by atoms with Gasteiger partial charge in [0, 0.05) is 30.4 Å². The minimum Gasteiger partial charge on any atom is -0.455 e. The molecule has 3 saturated heterocycles. The monoisotopic (exact) mass is 699 g/mol. The number of aliphatic hydroxyl groups excluding tert-OH is 1. The van der Waals surface area contributed by atoms with E-state index in [1.54, 1.807) is 19.1 Å². The van der Waals surface area contributed by atoms with Gasteiger partial charge in [-0.3, -0.25) is 19.2 Å². The summed E-state index contributed by atoms with van der Waals surface area (Å²) < 4.78 is 12.8. The lowest BCUT2D eigenvalue weighted by atomic mass is 9.70. The van der Waals surface area contributed by atoms with Crippen molar-refractivity contribution in [2.24, 2.45) is 11.8 Å². The molecule has 1 unspecified atom stereocenters. The zero-order valence-corrected chi connectivity index (χ0v) is 28.1. The normalized spacial score (nSPS) is 29.9. The fourth-order valence-electron chi connectivity index (χ4n) is 8.07. The first kappa shape index (κ1) is 34.3. The molecule has 2 N–H and O–H groups in total. The number of benzene rings is 1. The Morgan fingerprint density at radius 1 is 1.20 bits per heavy atom. The van der Waals surface area contributed by atoms with Crippen LogP contribution in [0.3, 0.4) is 0 Å². The number of alkyl halides is 1. The summed E-state index contributed by atoms with van der Waals surface area (Å²) >= 11 is 3.71. The van der Waals surface area contributed by atoms with Crippen LogP contribution in [0.5, 0.6) is 0 Å². The van der Waals surface area contributed by atoms with Gasteiger partial charge in [-0.25, -0.2) is 0 Å². The number of fused-ring (bicyclic) bond motifs is 1. The second-order valence-electron chi connectivity index (χ2n) is 12.9. The van der Waals surface area contributed by atoms with Gasteiger partial charge in [-0.2, -0.15) is 0 Å². The van der Waals surface area contributed by atoms with Gasteiger partial charge >= 0.3 is 5.97 Å². The molecule has 8 atom stereocenters. The number of β-amino-alcohol motifs (C(OH)–C–C–N with tert-alkyl or cyclic N) is 1. The van der Waals surface area contributed by atoms with Gasteiger partial charge in [0.25, 0.3) is 0 Å². The predicted molar refractivity (Wildman–Crippen MR) is 176 cm³/mol. The Morgan fingerprint density at radius 3 is 2.57 bits per heavy atom. The highest BCUT2D eigenvalue weighted by atomic mass is 79.9. The number of ether oxygens (including phenoxy) is 2. The van der Waals surface area contributed by atoms with Gasteiger partial charge in [0.15, 0.2) is 0 Å². The molecule has 46 heavy (non-hydrogen) atoms. The molecule has 1 aromatic carbocycles. The molecule has 4 aliphatic rings. The van der Waals surface area contributed by atoms with Gasteiger partial charge in [-0.05, 0) is 38.2 Å². The lowest BCUT2D eigenvalue weighted by Gasteiger charge is -2.40. The third kappa shape index (κ3) is 6.42. The topological polar surface area (TPSA) is 125 Å². The highest BCUT2D eigenvalue weighted by Crippen LogP contribution is 2.60. The number of nitrogens with one attached hydrogen (secondary N) is 1. The maximum absolute atomic E-state index is 14.5. The van der Waals surface area contributed by atoms with E-state index in [-0.39, 0.29) is 48.2 Å². The van der Waals surface area contributed by atoms with Gasteiger partial charge in [0.1, 0.15) is 17.7 Å². The van der Waals surface area contributed by atoms with E-state index < -0.39 is 47.7 Å². The van der Waals surface area contributed by atoms with Crippen LogP contribution >= 0.6 is 15.9 Å². The van der Waals surface area contributed by atoms with Crippen molar-refractivity contribution in [1.82, 2.24) is 15.1 Å². The Balaban J connectivity index is 1.45. The summed E-state index contributed by atoms with van der Waals surface area (Å²) in [7, 11) is 0. The molecule has 3 amide bonds. The van der Waals surface area contributed by atoms with Crippen molar-refractivity contribution in [3.05, 3.63) is 61.2 Å². The molecule has 1 saturated carbocycles. The van der Waals surface area contributed by atoms with Crippen LogP contribution in [-0.2, 0) is 28.7 Å². The van der Waals surface area contributed by atoms with E-state index in [1.807, 2.05) is 35.2 Å². The summed E-state index contributed by atoms with van der Waals surface area (Å²) in [6.45, 7) is 9.29. The number of allylic oxidation sites excluding steroid dienone is 1. The van der Waals surface area contributed by atoms with E-state index in [1.165, 1.54) is 4.90 Å². The number of aliphatic hydroxyl groups is 1. The number of rotatable bonds is 14. The molecule has 5 rings (SSSR count). The summed E-state index contributed by atoms with van der Waals surface area (Å²) in [5.74, 6) is -3.38. The third-order valence-corrected chi connectivity index (χ3v) is 10.9. The molecule has 1 spiro atoms. The van der Waals surface area contributed by atoms with E-state index >= 15 is 0 Å². The number of carbonyl (C=O) groups excluding carboxylic acids is 4. The molecule has 10 nitrogen and oxygen atoms in total. The Bertz CT molecular complexity index is 1300. The maximum atomic E-state index is 14.5. The fourth-order valence-corrected chi connectivity index (χ4v) is 9.02. The number of esters is 1. The van der Waals surface area contributed by atoms with Crippen LogP contribution in [0, 0.1) is 11.8 Å². The number of carbonyl (C=O) groups is 4. The summed E-state index contributed by atoms with van der Waals surface area (Å²) in [5.41, 5.74) is -0.561. The lowest BCUT2D eigenvalue weighted by molar-refractivity contribution is -0.162. The summed E-state index contributed by atoms with van der Waals surface area (Å²) in [6.07, 6.45) is 7.90. The van der Waals surface area contributed by atoms with Crippen molar-refractivity contribution in [2.75, 3.05) is 19.7 Å². The van der Waals surface area contributed by atoms with Crippen molar-refractivity contribution >= 4 is 39.6 Å². The van der Waals surface area contributed by atoms with E-state index in [9.17, 15) is 24.3 Å². The van der Waals surface area contributed by atoms with Gasteiger partial charge in [-0.15, -0.1) is 13.2 Å². The van der Waals surface area contributed by atoms with Crippen LogP contribution in [0.25, 0.3) is 0 Å². The molecule has 11 heteroatoms. The van der Waals surface area contributed by atoms with Crippen molar-refractivity contribution in [3.8, 4) is 0 Å². The number of amides is 3. The Kier molecular flexibility index (Phi) is 11.1. The van der Waals surface area contributed by atoms with E-state index in [4.69, 9.17) is 9.47 Å². The molecular weight excluding hydrogens is 654 g/mol. The van der Waals surface area contributed by atoms with Crippen LogP contribution in [0.15, 0.2) is 55.6 Å². The number of nitrogens with zero attached hydrogens (tertiary/aromatic N) is 2. The minimum atomic E-state index is -1.26. The van der Waals surface area contributed by atoms with E-state index in [0.29, 0.717) is 24.9 Å². The zero-order chi connectivity index (χ0) is 33.0. The van der Waals surface area contributed by atoms with Crippen molar-refractivity contribution in [2.45, 2.75) is 99.1 Å².